The molecular weight excluding hydrogens is 426 g/mol. The van der Waals surface area contributed by atoms with Crippen molar-refractivity contribution in [3.05, 3.63) is 100 Å². The Morgan fingerprint density at radius 3 is 2.28 bits per heavy atom. The zero-order valence-electron chi connectivity index (χ0n) is 17.5. The van der Waals surface area contributed by atoms with E-state index in [2.05, 4.69) is 15.8 Å². The maximum absolute atomic E-state index is 13.3. The molecule has 0 aliphatic heterocycles. The second-order valence-corrected chi connectivity index (χ2v) is 7.67. The smallest absolute Gasteiger partial charge is 0.261 e. The molecular formula is C25H20ClN3O3. The lowest BCUT2D eigenvalue weighted by Crippen LogP contribution is -2.17. The highest BCUT2D eigenvalue weighted by molar-refractivity contribution is 6.33. The van der Waals surface area contributed by atoms with E-state index < -0.39 is 5.91 Å². The van der Waals surface area contributed by atoms with Gasteiger partial charge < -0.3 is 15.2 Å². The Hall–Kier alpha value is -3.90. The summed E-state index contributed by atoms with van der Waals surface area (Å²) in [6.45, 7) is 3.56. The number of carbonyl (C=O) groups is 2. The van der Waals surface area contributed by atoms with Gasteiger partial charge in [0.2, 0.25) is 0 Å². The summed E-state index contributed by atoms with van der Waals surface area (Å²) in [7, 11) is 0. The third-order valence-corrected chi connectivity index (χ3v) is 5.26. The molecule has 4 rings (SSSR count). The molecule has 2 amide bonds. The van der Waals surface area contributed by atoms with Gasteiger partial charge in [0.25, 0.3) is 11.8 Å². The van der Waals surface area contributed by atoms with Crippen LogP contribution in [0, 0.1) is 13.8 Å². The van der Waals surface area contributed by atoms with Crippen LogP contribution in [-0.2, 0) is 0 Å². The zero-order chi connectivity index (χ0) is 22.7. The lowest BCUT2D eigenvalue weighted by Gasteiger charge is -2.14. The predicted octanol–water partition coefficient (Wildman–Crippen LogP) is 6.12. The Kier molecular flexibility index (Phi) is 6.05. The molecule has 0 radical (unpaired) electrons. The molecule has 0 aliphatic carbocycles. The van der Waals surface area contributed by atoms with Gasteiger partial charge in [-0.3, -0.25) is 9.59 Å². The summed E-state index contributed by atoms with van der Waals surface area (Å²) in [5.74, 6) is -0.331. The van der Waals surface area contributed by atoms with Gasteiger partial charge in [0.05, 0.1) is 16.4 Å². The number of nitrogens with zero attached hydrogens (tertiary/aromatic N) is 1. The highest BCUT2D eigenvalue weighted by Crippen LogP contribution is 2.32. The second-order valence-electron chi connectivity index (χ2n) is 7.27. The molecule has 0 saturated carbocycles. The highest BCUT2D eigenvalue weighted by Gasteiger charge is 2.24. The topological polar surface area (TPSA) is 84.2 Å². The Labute approximate surface area is 190 Å². The molecule has 160 valence electrons. The van der Waals surface area contributed by atoms with Crippen molar-refractivity contribution in [3.63, 3.8) is 0 Å². The van der Waals surface area contributed by atoms with Crippen LogP contribution in [0.25, 0.3) is 11.3 Å². The van der Waals surface area contributed by atoms with Crippen LogP contribution in [-0.4, -0.2) is 17.0 Å². The van der Waals surface area contributed by atoms with Crippen molar-refractivity contribution >= 4 is 34.8 Å². The number of anilines is 2. The number of aromatic nitrogens is 1. The Balaban J connectivity index is 1.65. The number of hydrogen-bond donors (Lipinski definition) is 2. The molecule has 32 heavy (non-hydrogen) atoms. The Morgan fingerprint density at radius 2 is 1.53 bits per heavy atom. The predicted molar refractivity (Wildman–Crippen MR) is 125 cm³/mol. The van der Waals surface area contributed by atoms with Crippen LogP contribution >= 0.6 is 11.6 Å². The number of carbonyl (C=O) groups excluding carboxylic acids is 2. The average molecular weight is 446 g/mol. The summed E-state index contributed by atoms with van der Waals surface area (Å²) in [5.41, 5.74) is 3.61. The summed E-state index contributed by atoms with van der Waals surface area (Å²) in [5, 5.41) is 10.3. The van der Waals surface area contributed by atoms with Gasteiger partial charge in [-0.1, -0.05) is 59.2 Å². The van der Waals surface area contributed by atoms with E-state index in [1.165, 1.54) is 0 Å². The number of halogens is 1. The molecule has 3 aromatic carbocycles. The quantitative estimate of drug-likeness (QED) is 0.387. The SMILES string of the molecule is Cc1ccc(NC(=O)c2ccccc2)c(NC(=O)c2c(-c3ccccc3Cl)noc2C)c1. The molecule has 2 N–H and O–H groups in total. The second kappa shape index (κ2) is 9.08. The maximum Gasteiger partial charge on any atom is 0.261 e. The third kappa shape index (κ3) is 4.40. The number of amides is 2. The van der Waals surface area contributed by atoms with Crippen molar-refractivity contribution < 1.29 is 14.1 Å². The normalized spacial score (nSPS) is 10.6. The Morgan fingerprint density at radius 1 is 0.844 bits per heavy atom. The van der Waals surface area contributed by atoms with Crippen LogP contribution in [0.5, 0.6) is 0 Å². The molecule has 6 nitrogen and oxygen atoms in total. The highest BCUT2D eigenvalue weighted by atomic mass is 35.5. The number of nitrogens with one attached hydrogen (secondary N) is 2. The summed E-state index contributed by atoms with van der Waals surface area (Å²) >= 11 is 6.31. The van der Waals surface area contributed by atoms with Gasteiger partial charge >= 0.3 is 0 Å². The molecule has 0 bridgehead atoms. The minimum atomic E-state index is -0.417. The standard InChI is InChI=1S/C25H20ClN3O3/c1-15-12-13-20(27-24(30)17-8-4-3-5-9-17)21(14-15)28-25(31)22-16(2)32-29-23(22)18-10-6-7-11-19(18)26/h3-14H,1-2H3,(H,27,30)(H,28,31). The molecule has 0 atom stereocenters. The summed E-state index contributed by atoms with van der Waals surface area (Å²) < 4.78 is 5.30. The molecule has 1 heterocycles. The van der Waals surface area contributed by atoms with E-state index in [9.17, 15) is 9.59 Å². The van der Waals surface area contributed by atoms with Gasteiger partial charge in [0.1, 0.15) is 17.0 Å². The first-order valence-electron chi connectivity index (χ1n) is 9.93. The van der Waals surface area contributed by atoms with Crippen LogP contribution in [0.1, 0.15) is 32.0 Å². The summed E-state index contributed by atoms with van der Waals surface area (Å²) in [6, 6.07) is 21.4. The monoisotopic (exact) mass is 445 g/mol. The van der Waals surface area contributed by atoms with E-state index in [4.69, 9.17) is 16.1 Å². The van der Waals surface area contributed by atoms with Crippen molar-refractivity contribution in [2.24, 2.45) is 0 Å². The van der Waals surface area contributed by atoms with Gasteiger partial charge in [-0.25, -0.2) is 0 Å². The van der Waals surface area contributed by atoms with Crippen molar-refractivity contribution in [3.8, 4) is 11.3 Å². The summed E-state index contributed by atoms with van der Waals surface area (Å²) in [6.07, 6.45) is 0. The average Bonchev–Trinajstić information content (AvgIpc) is 3.17. The van der Waals surface area contributed by atoms with E-state index in [1.807, 2.05) is 25.1 Å². The third-order valence-electron chi connectivity index (χ3n) is 4.93. The number of aryl methyl sites for hydroxylation is 2. The molecule has 4 aromatic rings. The molecule has 0 saturated heterocycles. The molecule has 0 aliphatic rings. The molecule has 0 fully saturated rings. The first-order valence-corrected chi connectivity index (χ1v) is 10.3. The van der Waals surface area contributed by atoms with E-state index in [-0.39, 0.29) is 11.5 Å². The van der Waals surface area contributed by atoms with Gasteiger partial charge in [-0.05, 0) is 49.7 Å². The molecule has 7 heteroatoms. The lowest BCUT2D eigenvalue weighted by atomic mass is 10.1. The minimum Gasteiger partial charge on any atom is -0.360 e. The van der Waals surface area contributed by atoms with Gasteiger partial charge in [-0.2, -0.15) is 0 Å². The van der Waals surface area contributed by atoms with Crippen LogP contribution < -0.4 is 10.6 Å². The van der Waals surface area contributed by atoms with E-state index in [1.54, 1.807) is 61.5 Å². The fraction of sp³-hybridized carbons (Fsp3) is 0.0800. The minimum absolute atomic E-state index is 0.275. The van der Waals surface area contributed by atoms with E-state index in [0.29, 0.717) is 39.0 Å². The Bertz CT molecular complexity index is 1300. The van der Waals surface area contributed by atoms with Crippen LogP contribution in [0.2, 0.25) is 5.02 Å². The first kappa shape index (κ1) is 21.3. The van der Waals surface area contributed by atoms with E-state index >= 15 is 0 Å². The van der Waals surface area contributed by atoms with Gasteiger partial charge in [0.15, 0.2) is 0 Å². The van der Waals surface area contributed by atoms with Crippen LogP contribution in [0.3, 0.4) is 0 Å². The van der Waals surface area contributed by atoms with Crippen molar-refractivity contribution in [1.82, 2.24) is 5.16 Å². The number of hydrogen-bond acceptors (Lipinski definition) is 4. The van der Waals surface area contributed by atoms with Crippen molar-refractivity contribution in [1.29, 1.82) is 0 Å². The molecule has 0 spiro atoms. The fourth-order valence-corrected chi connectivity index (χ4v) is 3.54. The summed E-state index contributed by atoms with van der Waals surface area (Å²) in [4.78, 5) is 25.9. The van der Waals surface area contributed by atoms with Crippen molar-refractivity contribution in [2.75, 3.05) is 10.6 Å². The molecule has 0 unspecified atom stereocenters. The lowest BCUT2D eigenvalue weighted by molar-refractivity contribution is 0.101. The first-order chi connectivity index (χ1) is 15.4. The fourth-order valence-electron chi connectivity index (χ4n) is 3.32. The van der Waals surface area contributed by atoms with Crippen LogP contribution in [0.15, 0.2) is 77.3 Å². The largest absolute Gasteiger partial charge is 0.360 e. The maximum atomic E-state index is 13.3. The number of benzene rings is 3. The van der Waals surface area contributed by atoms with E-state index in [0.717, 1.165) is 5.56 Å². The van der Waals surface area contributed by atoms with Crippen LogP contribution in [0.4, 0.5) is 11.4 Å². The molecule has 1 aromatic heterocycles. The zero-order valence-corrected chi connectivity index (χ0v) is 18.2. The van der Waals surface area contributed by atoms with Crippen molar-refractivity contribution in [2.45, 2.75) is 13.8 Å². The van der Waals surface area contributed by atoms with Gasteiger partial charge in [0, 0.05) is 11.1 Å². The number of rotatable bonds is 5. The van der Waals surface area contributed by atoms with Gasteiger partial charge in [-0.15, -0.1) is 0 Å².